The number of benzene rings is 1. The van der Waals surface area contributed by atoms with Gasteiger partial charge in [0.05, 0.1) is 11.4 Å². The molecule has 3 heterocycles. The Hall–Kier alpha value is -3.15. The van der Waals surface area contributed by atoms with Gasteiger partial charge in [0, 0.05) is 36.6 Å². The van der Waals surface area contributed by atoms with Crippen molar-refractivity contribution in [3.63, 3.8) is 0 Å². The molecule has 0 saturated heterocycles. The predicted octanol–water partition coefficient (Wildman–Crippen LogP) is 2.38. The number of carbonyl (C=O) groups is 1. The highest BCUT2D eigenvalue weighted by molar-refractivity contribution is 5.94. The van der Waals surface area contributed by atoms with Crippen molar-refractivity contribution in [1.82, 2.24) is 19.7 Å². The van der Waals surface area contributed by atoms with Gasteiger partial charge in [0.1, 0.15) is 0 Å². The first-order valence-electron chi connectivity index (χ1n) is 8.65. The van der Waals surface area contributed by atoms with Gasteiger partial charge in [-0.15, -0.1) is 0 Å². The molecular weight excluding hydrogens is 328 g/mol. The van der Waals surface area contributed by atoms with Gasteiger partial charge < -0.3 is 9.88 Å². The van der Waals surface area contributed by atoms with Gasteiger partial charge in [0.2, 0.25) is 5.56 Å². The van der Waals surface area contributed by atoms with E-state index in [2.05, 4.69) is 10.1 Å². The number of hydrogen-bond donors (Lipinski definition) is 1. The van der Waals surface area contributed by atoms with Crippen LogP contribution >= 0.6 is 0 Å². The number of amides is 1. The Morgan fingerprint density at radius 3 is 2.58 bits per heavy atom. The van der Waals surface area contributed by atoms with Gasteiger partial charge in [0.25, 0.3) is 5.91 Å². The molecule has 1 aliphatic heterocycles. The van der Waals surface area contributed by atoms with E-state index in [-0.39, 0.29) is 11.5 Å². The quantitative estimate of drug-likeness (QED) is 0.773. The van der Waals surface area contributed by atoms with Crippen molar-refractivity contribution in [2.75, 3.05) is 6.54 Å². The summed E-state index contributed by atoms with van der Waals surface area (Å²) in [6.07, 6.45) is 2.41. The largest absolute Gasteiger partial charge is 0.334 e. The summed E-state index contributed by atoms with van der Waals surface area (Å²) in [5.74, 6) is 0.00164. The fourth-order valence-electron chi connectivity index (χ4n) is 3.45. The van der Waals surface area contributed by atoms with Crippen LogP contribution < -0.4 is 5.56 Å². The number of rotatable bonds is 2. The predicted molar refractivity (Wildman–Crippen MR) is 98.5 cm³/mol. The van der Waals surface area contributed by atoms with E-state index in [1.165, 1.54) is 0 Å². The zero-order valence-electron chi connectivity index (χ0n) is 14.8. The Balaban J connectivity index is 1.54. The molecule has 26 heavy (non-hydrogen) atoms. The Bertz CT molecular complexity index is 1030. The first-order valence-corrected chi connectivity index (χ1v) is 8.65. The van der Waals surface area contributed by atoms with Crippen molar-refractivity contribution in [3.05, 3.63) is 81.0 Å². The summed E-state index contributed by atoms with van der Waals surface area (Å²) in [6, 6.07) is 11.2. The molecule has 0 saturated carbocycles. The second kappa shape index (κ2) is 6.29. The van der Waals surface area contributed by atoms with Crippen LogP contribution in [0.5, 0.6) is 0 Å². The number of aromatic amines is 1. The van der Waals surface area contributed by atoms with Crippen molar-refractivity contribution in [2.45, 2.75) is 26.8 Å². The van der Waals surface area contributed by atoms with Crippen molar-refractivity contribution < 1.29 is 4.79 Å². The summed E-state index contributed by atoms with van der Waals surface area (Å²) in [5, 5.41) is 4.47. The molecule has 0 spiro atoms. The van der Waals surface area contributed by atoms with E-state index in [4.69, 9.17) is 0 Å². The van der Waals surface area contributed by atoms with Crippen LogP contribution in [0.2, 0.25) is 0 Å². The number of carbonyl (C=O) groups excluding carboxylic acids is 1. The first-order chi connectivity index (χ1) is 12.5. The lowest BCUT2D eigenvalue weighted by Gasteiger charge is -2.28. The highest BCUT2D eigenvalue weighted by Gasteiger charge is 2.22. The standard InChI is InChI=1S/C20H20N4O2/c1-13-9-14(2)24(22-13)18-5-3-15(4-6-18)20(26)23-8-7-16-10-19(25)21-11-17(16)12-23/h3-6,9-11H,7-8,12H2,1-2H3,(H,21,25). The number of pyridine rings is 1. The monoisotopic (exact) mass is 348 g/mol. The molecule has 0 bridgehead atoms. The molecule has 0 atom stereocenters. The fourth-order valence-corrected chi connectivity index (χ4v) is 3.45. The van der Waals surface area contributed by atoms with Crippen LogP contribution in [-0.4, -0.2) is 32.1 Å². The summed E-state index contributed by atoms with van der Waals surface area (Å²) in [5.41, 5.74) is 5.55. The minimum Gasteiger partial charge on any atom is -0.334 e. The molecule has 4 rings (SSSR count). The number of nitrogens with one attached hydrogen (secondary N) is 1. The summed E-state index contributed by atoms with van der Waals surface area (Å²) in [7, 11) is 0. The van der Waals surface area contributed by atoms with Crippen LogP contribution in [0.1, 0.15) is 32.9 Å². The number of hydrogen-bond acceptors (Lipinski definition) is 3. The van der Waals surface area contributed by atoms with Crippen molar-refractivity contribution >= 4 is 5.91 Å². The van der Waals surface area contributed by atoms with Crippen molar-refractivity contribution in [1.29, 1.82) is 0 Å². The van der Waals surface area contributed by atoms with Gasteiger partial charge >= 0.3 is 0 Å². The van der Waals surface area contributed by atoms with Crippen LogP contribution in [-0.2, 0) is 13.0 Å². The van der Waals surface area contributed by atoms with Gasteiger partial charge in [-0.2, -0.15) is 5.10 Å². The zero-order valence-corrected chi connectivity index (χ0v) is 14.8. The summed E-state index contributed by atoms with van der Waals surface area (Å²) >= 11 is 0. The molecule has 1 amide bonds. The molecule has 0 fully saturated rings. The fraction of sp³-hybridized carbons (Fsp3) is 0.250. The second-order valence-corrected chi connectivity index (χ2v) is 6.71. The molecule has 0 radical (unpaired) electrons. The molecule has 1 aliphatic rings. The molecular formula is C20H20N4O2. The summed E-state index contributed by atoms with van der Waals surface area (Å²) in [6.45, 7) is 5.11. The number of aryl methyl sites for hydroxylation is 2. The molecule has 1 aromatic carbocycles. The number of H-pyrrole nitrogens is 1. The average Bonchev–Trinajstić information content (AvgIpc) is 2.99. The van der Waals surface area contributed by atoms with Crippen LogP contribution in [0.25, 0.3) is 5.69 Å². The molecule has 0 unspecified atom stereocenters. The Kier molecular flexibility index (Phi) is 3.95. The maximum Gasteiger partial charge on any atom is 0.254 e. The molecule has 6 heteroatoms. The third-order valence-electron chi connectivity index (χ3n) is 4.77. The molecule has 3 aromatic rings. The lowest BCUT2D eigenvalue weighted by Crippen LogP contribution is -2.36. The van der Waals surface area contributed by atoms with E-state index in [0.717, 1.165) is 28.2 Å². The van der Waals surface area contributed by atoms with Crippen molar-refractivity contribution in [3.8, 4) is 5.69 Å². The highest BCUT2D eigenvalue weighted by atomic mass is 16.2. The van der Waals surface area contributed by atoms with E-state index >= 15 is 0 Å². The average molecular weight is 348 g/mol. The Morgan fingerprint density at radius 1 is 1.12 bits per heavy atom. The molecule has 0 aliphatic carbocycles. The Labute approximate surface area is 151 Å². The SMILES string of the molecule is Cc1cc(C)n(-c2ccc(C(=O)N3CCc4cc(=O)[nH]cc4C3)cc2)n1. The minimum absolute atomic E-state index is 0.00164. The number of fused-ring (bicyclic) bond motifs is 1. The number of aromatic nitrogens is 3. The zero-order chi connectivity index (χ0) is 18.3. The molecule has 2 aromatic heterocycles. The third kappa shape index (κ3) is 2.94. The normalized spacial score (nSPS) is 13.5. The second-order valence-electron chi connectivity index (χ2n) is 6.71. The topological polar surface area (TPSA) is 71.0 Å². The summed E-state index contributed by atoms with van der Waals surface area (Å²) < 4.78 is 1.87. The van der Waals surface area contributed by atoms with Crippen LogP contribution in [0.15, 0.2) is 47.4 Å². The van der Waals surface area contributed by atoms with Crippen LogP contribution in [0.3, 0.4) is 0 Å². The molecule has 6 nitrogen and oxygen atoms in total. The van der Waals surface area contributed by atoms with Crippen LogP contribution in [0.4, 0.5) is 0 Å². The van der Waals surface area contributed by atoms with Crippen molar-refractivity contribution in [2.24, 2.45) is 0 Å². The Morgan fingerprint density at radius 2 is 1.88 bits per heavy atom. The maximum absolute atomic E-state index is 12.8. The van der Waals surface area contributed by atoms with E-state index in [1.807, 2.05) is 53.8 Å². The van der Waals surface area contributed by atoms with Gasteiger partial charge in [-0.3, -0.25) is 9.59 Å². The van der Waals surface area contributed by atoms with E-state index < -0.39 is 0 Å². The third-order valence-corrected chi connectivity index (χ3v) is 4.77. The van der Waals surface area contributed by atoms with Gasteiger partial charge in [-0.05, 0) is 61.7 Å². The maximum atomic E-state index is 12.8. The lowest BCUT2D eigenvalue weighted by molar-refractivity contribution is 0.0734. The highest BCUT2D eigenvalue weighted by Crippen LogP contribution is 2.20. The van der Waals surface area contributed by atoms with Gasteiger partial charge in [-0.1, -0.05) is 0 Å². The van der Waals surface area contributed by atoms with E-state index in [0.29, 0.717) is 25.1 Å². The molecule has 1 N–H and O–H groups in total. The smallest absolute Gasteiger partial charge is 0.254 e. The van der Waals surface area contributed by atoms with Gasteiger partial charge in [0.15, 0.2) is 0 Å². The first kappa shape index (κ1) is 16.3. The summed E-state index contributed by atoms with van der Waals surface area (Å²) in [4.78, 5) is 28.7. The molecule has 132 valence electrons. The van der Waals surface area contributed by atoms with Crippen LogP contribution in [0, 0.1) is 13.8 Å². The minimum atomic E-state index is -0.0942. The number of nitrogens with zero attached hydrogens (tertiary/aromatic N) is 3. The van der Waals surface area contributed by atoms with Gasteiger partial charge in [-0.25, -0.2) is 4.68 Å². The lowest BCUT2D eigenvalue weighted by atomic mass is 10.0. The van der Waals surface area contributed by atoms with E-state index in [9.17, 15) is 9.59 Å². The van der Waals surface area contributed by atoms with E-state index in [1.54, 1.807) is 12.3 Å².